The molecule has 0 spiro atoms. The fourth-order valence-corrected chi connectivity index (χ4v) is 2.05. The lowest BCUT2D eigenvalue weighted by Gasteiger charge is -2.16. The first-order valence-corrected chi connectivity index (χ1v) is 6.67. The molecule has 0 aromatic heterocycles. The SMILES string of the molecule is CC[C@H](NC(=O)C(=O)c1ccccc1)c1ccccc1. The molecule has 102 valence electrons. The number of hydrogen-bond acceptors (Lipinski definition) is 2. The largest absolute Gasteiger partial charge is 0.342 e. The molecule has 2 rings (SSSR count). The van der Waals surface area contributed by atoms with Crippen molar-refractivity contribution in [3.8, 4) is 0 Å². The van der Waals surface area contributed by atoms with Gasteiger partial charge in [0.25, 0.3) is 5.91 Å². The van der Waals surface area contributed by atoms with Crippen molar-refractivity contribution in [2.24, 2.45) is 0 Å². The zero-order valence-electron chi connectivity index (χ0n) is 11.4. The van der Waals surface area contributed by atoms with Gasteiger partial charge in [0, 0.05) is 5.56 Å². The molecule has 0 aliphatic rings. The van der Waals surface area contributed by atoms with Crippen molar-refractivity contribution < 1.29 is 9.59 Å². The number of hydrogen-bond donors (Lipinski definition) is 1. The van der Waals surface area contributed by atoms with Gasteiger partial charge in [-0.2, -0.15) is 0 Å². The van der Waals surface area contributed by atoms with E-state index >= 15 is 0 Å². The summed E-state index contributed by atoms with van der Waals surface area (Å²) in [5.74, 6) is -1.06. The molecule has 0 fully saturated rings. The highest BCUT2D eigenvalue weighted by Gasteiger charge is 2.19. The lowest BCUT2D eigenvalue weighted by Crippen LogP contribution is -2.34. The van der Waals surface area contributed by atoms with Gasteiger partial charge in [-0.05, 0) is 12.0 Å². The molecule has 1 amide bonds. The second-order valence-corrected chi connectivity index (χ2v) is 4.54. The first kappa shape index (κ1) is 14.0. The molecule has 0 radical (unpaired) electrons. The number of amides is 1. The molecule has 0 bridgehead atoms. The van der Waals surface area contributed by atoms with Crippen LogP contribution in [-0.2, 0) is 4.79 Å². The summed E-state index contributed by atoms with van der Waals surface area (Å²) in [7, 11) is 0. The number of carbonyl (C=O) groups excluding carboxylic acids is 2. The van der Waals surface area contributed by atoms with Gasteiger partial charge in [-0.1, -0.05) is 67.6 Å². The fourth-order valence-electron chi connectivity index (χ4n) is 2.05. The van der Waals surface area contributed by atoms with Gasteiger partial charge in [0.15, 0.2) is 0 Å². The molecule has 3 nitrogen and oxygen atoms in total. The molecular weight excluding hydrogens is 250 g/mol. The van der Waals surface area contributed by atoms with Crippen LogP contribution in [0.15, 0.2) is 60.7 Å². The molecule has 0 aliphatic carbocycles. The fraction of sp³-hybridized carbons (Fsp3) is 0.176. The van der Waals surface area contributed by atoms with Crippen LogP contribution >= 0.6 is 0 Å². The molecule has 2 aromatic carbocycles. The molecule has 0 aliphatic heterocycles. The molecule has 1 atom stereocenters. The summed E-state index contributed by atoms with van der Waals surface area (Å²) in [6.45, 7) is 1.98. The van der Waals surface area contributed by atoms with Crippen LogP contribution in [0.2, 0.25) is 0 Å². The van der Waals surface area contributed by atoms with Gasteiger partial charge < -0.3 is 5.32 Å². The van der Waals surface area contributed by atoms with Gasteiger partial charge in [-0.15, -0.1) is 0 Å². The number of benzene rings is 2. The van der Waals surface area contributed by atoms with Crippen molar-refractivity contribution in [3.63, 3.8) is 0 Å². The zero-order valence-corrected chi connectivity index (χ0v) is 11.4. The summed E-state index contributed by atoms with van der Waals surface area (Å²) in [5, 5.41) is 2.79. The van der Waals surface area contributed by atoms with Crippen LogP contribution in [0.1, 0.15) is 35.3 Å². The van der Waals surface area contributed by atoms with Crippen LogP contribution in [0, 0.1) is 0 Å². The van der Waals surface area contributed by atoms with Crippen molar-refractivity contribution in [2.75, 3.05) is 0 Å². The predicted molar refractivity (Wildman–Crippen MR) is 78.4 cm³/mol. The number of Topliss-reactive ketones (excluding diaryl/α,β-unsaturated/α-hetero) is 1. The van der Waals surface area contributed by atoms with Crippen molar-refractivity contribution in [1.82, 2.24) is 5.32 Å². The maximum absolute atomic E-state index is 12.0. The van der Waals surface area contributed by atoms with Crippen molar-refractivity contribution in [1.29, 1.82) is 0 Å². The van der Waals surface area contributed by atoms with E-state index in [2.05, 4.69) is 5.32 Å². The molecule has 0 heterocycles. The van der Waals surface area contributed by atoms with E-state index in [9.17, 15) is 9.59 Å². The number of rotatable bonds is 5. The van der Waals surface area contributed by atoms with Crippen LogP contribution in [0.4, 0.5) is 0 Å². The van der Waals surface area contributed by atoms with E-state index in [1.807, 2.05) is 43.3 Å². The molecule has 1 N–H and O–H groups in total. The van der Waals surface area contributed by atoms with Gasteiger partial charge in [-0.3, -0.25) is 9.59 Å². The Hall–Kier alpha value is -2.42. The van der Waals surface area contributed by atoms with E-state index in [-0.39, 0.29) is 6.04 Å². The molecule has 20 heavy (non-hydrogen) atoms. The third-order valence-electron chi connectivity index (χ3n) is 3.16. The van der Waals surface area contributed by atoms with Gasteiger partial charge >= 0.3 is 0 Å². The smallest absolute Gasteiger partial charge is 0.292 e. The summed E-state index contributed by atoms with van der Waals surface area (Å²) in [6, 6.07) is 18.1. The maximum atomic E-state index is 12.0. The number of nitrogens with one attached hydrogen (secondary N) is 1. The van der Waals surface area contributed by atoms with Crippen molar-refractivity contribution in [2.45, 2.75) is 19.4 Å². The van der Waals surface area contributed by atoms with E-state index in [0.29, 0.717) is 5.56 Å². The number of ketones is 1. The highest BCUT2D eigenvalue weighted by atomic mass is 16.2. The average molecular weight is 267 g/mol. The zero-order chi connectivity index (χ0) is 14.4. The van der Waals surface area contributed by atoms with Crippen LogP contribution in [-0.4, -0.2) is 11.7 Å². The standard InChI is InChI=1S/C17H17NO2/c1-2-15(13-9-5-3-6-10-13)18-17(20)16(19)14-11-7-4-8-12-14/h3-12,15H,2H2,1H3,(H,18,20)/t15-/m0/s1. The summed E-state index contributed by atoms with van der Waals surface area (Å²) in [4.78, 5) is 24.0. The van der Waals surface area contributed by atoms with Gasteiger partial charge in [-0.25, -0.2) is 0 Å². The molecule has 2 aromatic rings. The van der Waals surface area contributed by atoms with Gasteiger partial charge in [0.05, 0.1) is 6.04 Å². The minimum absolute atomic E-state index is 0.142. The van der Waals surface area contributed by atoms with Gasteiger partial charge in [0.2, 0.25) is 5.78 Å². The van der Waals surface area contributed by atoms with Crippen LogP contribution < -0.4 is 5.32 Å². The maximum Gasteiger partial charge on any atom is 0.292 e. The van der Waals surface area contributed by atoms with Crippen LogP contribution in [0.5, 0.6) is 0 Å². The lowest BCUT2D eigenvalue weighted by atomic mass is 10.0. The molecule has 0 saturated carbocycles. The quantitative estimate of drug-likeness (QED) is 0.668. The topological polar surface area (TPSA) is 46.2 Å². The Morgan fingerprint density at radius 3 is 2.05 bits per heavy atom. The second kappa shape index (κ2) is 6.66. The normalized spacial score (nSPS) is 11.7. The van der Waals surface area contributed by atoms with Crippen molar-refractivity contribution in [3.05, 3.63) is 71.8 Å². The third kappa shape index (κ3) is 3.32. The van der Waals surface area contributed by atoms with Crippen molar-refractivity contribution >= 4 is 11.7 Å². The molecular formula is C17H17NO2. The summed E-state index contributed by atoms with van der Waals surface area (Å²) in [5.41, 5.74) is 1.41. The Labute approximate surface area is 118 Å². The predicted octanol–water partition coefficient (Wildman–Crippen LogP) is 3.14. The Kier molecular flexibility index (Phi) is 4.66. The first-order chi connectivity index (χ1) is 9.72. The van der Waals surface area contributed by atoms with E-state index < -0.39 is 11.7 Å². The molecule has 0 saturated heterocycles. The Morgan fingerprint density at radius 1 is 0.950 bits per heavy atom. The van der Waals surface area contributed by atoms with Crippen LogP contribution in [0.3, 0.4) is 0 Å². The summed E-state index contributed by atoms with van der Waals surface area (Å²) in [6.07, 6.45) is 0.734. The average Bonchev–Trinajstić information content (AvgIpc) is 2.53. The van der Waals surface area contributed by atoms with E-state index in [4.69, 9.17) is 0 Å². The molecule has 3 heteroatoms. The lowest BCUT2D eigenvalue weighted by molar-refractivity contribution is -0.117. The Bertz CT molecular complexity index is 578. The monoisotopic (exact) mass is 267 g/mol. The highest BCUT2D eigenvalue weighted by Crippen LogP contribution is 2.16. The van der Waals surface area contributed by atoms with E-state index in [0.717, 1.165) is 12.0 Å². The minimum Gasteiger partial charge on any atom is -0.342 e. The highest BCUT2D eigenvalue weighted by molar-refractivity contribution is 6.42. The van der Waals surface area contributed by atoms with Gasteiger partial charge in [0.1, 0.15) is 0 Å². The third-order valence-corrected chi connectivity index (χ3v) is 3.16. The Balaban J connectivity index is 2.09. The Morgan fingerprint density at radius 2 is 1.50 bits per heavy atom. The van der Waals surface area contributed by atoms with E-state index in [1.165, 1.54) is 0 Å². The summed E-state index contributed by atoms with van der Waals surface area (Å²) < 4.78 is 0. The molecule has 0 unspecified atom stereocenters. The van der Waals surface area contributed by atoms with Crippen LogP contribution in [0.25, 0.3) is 0 Å². The summed E-state index contributed by atoms with van der Waals surface area (Å²) >= 11 is 0. The first-order valence-electron chi connectivity index (χ1n) is 6.67. The minimum atomic E-state index is -0.563. The second-order valence-electron chi connectivity index (χ2n) is 4.54. The number of carbonyl (C=O) groups is 2. The van der Waals surface area contributed by atoms with E-state index in [1.54, 1.807) is 24.3 Å².